The smallest absolute Gasteiger partial charge is 0.266 e. The molecule has 1 heterocycles. The molecule has 1 amide bonds. The first-order valence-electron chi connectivity index (χ1n) is 5.26. The summed E-state index contributed by atoms with van der Waals surface area (Å²) in [6.45, 7) is 0. The molecule has 0 saturated carbocycles. The molecule has 4 nitrogen and oxygen atoms in total. The Bertz CT molecular complexity index is 569. The highest BCUT2D eigenvalue weighted by molar-refractivity contribution is 6.33. The molecule has 5 heteroatoms. The lowest BCUT2D eigenvalue weighted by atomic mass is 10.2. The zero-order chi connectivity index (χ0) is 12.8. The van der Waals surface area contributed by atoms with Crippen molar-refractivity contribution in [1.29, 1.82) is 0 Å². The Balaban J connectivity index is 2.00. The van der Waals surface area contributed by atoms with Crippen LogP contribution in [0.5, 0.6) is 0 Å². The monoisotopic (exact) mass is 259 g/mol. The third-order valence-corrected chi connectivity index (χ3v) is 2.52. The quantitative estimate of drug-likeness (QED) is 0.680. The predicted molar refractivity (Wildman–Crippen MR) is 70.7 cm³/mol. The number of nitrogens with one attached hydrogen (secondary N) is 1. The highest BCUT2D eigenvalue weighted by Crippen LogP contribution is 2.11. The average molecular weight is 260 g/mol. The minimum atomic E-state index is -0.362. The number of amides is 1. The number of benzene rings is 1. The van der Waals surface area contributed by atoms with Gasteiger partial charge in [-0.3, -0.25) is 9.78 Å². The molecular weight excluding hydrogens is 250 g/mol. The van der Waals surface area contributed by atoms with Crippen LogP contribution in [-0.4, -0.2) is 17.1 Å². The third kappa shape index (κ3) is 3.15. The van der Waals surface area contributed by atoms with E-state index >= 15 is 0 Å². The molecule has 2 aromatic rings. The van der Waals surface area contributed by atoms with Gasteiger partial charge in [0.05, 0.1) is 6.21 Å². The first kappa shape index (κ1) is 12.3. The fraction of sp³-hybridized carbons (Fsp3) is 0. The summed E-state index contributed by atoms with van der Waals surface area (Å²) >= 11 is 5.94. The first-order valence-corrected chi connectivity index (χ1v) is 5.64. The Morgan fingerprint density at radius 2 is 2.00 bits per heavy atom. The number of hydrazone groups is 1. The van der Waals surface area contributed by atoms with Crippen LogP contribution in [0.3, 0.4) is 0 Å². The van der Waals surface area contributed by atoms with E-state index in [0.29, 0.717) is 10.7 Å². The Morgan fingerprint density at radius 1 is 1.22 bits per heavy atom. The zero-order valence-corrected chi connectivity index (χ0v) is 10.1. The van der Waals surface area contributed by atoms with Crippen LogP contribution in [0.15, 0.2) is 53.8 Å². The summed E-state index contributed by atoms with van der Waals surface area (Å²) in [5.74, 6) is -0.362. The van der Waals surface area contributed by atoms with Gasteiger partial charge >= 0.3 is 0 Å². The zero-order valence-electron chi connectivity index (χ0n) is 9.38. The molecule has 18 heavy (non-hydrogen) atoms. The highest BCUT2D eigenvalue weighted by Gasteiger charge is 2.03. The van der Waals surface area contributed by atoms with Crippen LogP contribution in [0.1, 0.15) is 16.1 Å². The van der Waals surface area contributed by atoms with Gasteiger partial charge in [-0.1, -0.05) is 35.9 Å². The highest BCUT2D eigenvalue weighted by atomic mass is 35.5. The van der Waals surface area contributed by atoms with Gasteiger partial charge in [0.1, 0.15) is 5.69 Å². The number of aromatic nitrogens is 1. The summed E-state index contributed by atoms with van der Waals surface area (Å²) in [6.07, 6.45) is 3.04. The van der Waals surface area contributed by atoms with E-state index in [-0.39, 0.29) is 5.91 Å². The largest absolute Gasteiger partial charge is 0.289 e. The molecule has 2 rings (SSSR count). The van der Waals surface area contributed by atoms with Crippen molar-refractivity contribution >= 4 is 23.7 Å². The Kier molecular flexibility index (Phi) is 4.04. The molecule has 0 atom stereocenters. The fourth-order valence-corrected chi connectivity index (χ4v) is 1.48. The fourth-order valence-electron chi connectivity index (χ4n) is 1.29. The van der Waals surface area contributed by atoms with Gasteiger partial charge in [0.25, 0.3) is 5.91 Å². The van der Waals surface area contributed by atoms with Crippen LogP contribution in [0.25, 0.3) is 0 Å². The number of pyridine rings is 1. The second-order valence-corrected chi connectivity index (χ2v) is 3.84. The van der Waals surface area contributed by atoms with Gasteiger partial charge in [0.2, 0.25) is 0 Å². The van der Waals surface area contributed by atoms with Crippen molar-refractivity contribution in [3.8, 4) is 0 Å². The molecule has 0 unspecified atom stereocenters. The molecule has 0 aliphatic rings. The second-order valence-electron chi connectivity index (χ2n) is 3.44. The topological polar surface area (TPSA) is 54.4 Å². The second kappa shape index (κ2) is 5.93. The van der Waals surface area contributed by atoms with Gasteiger partial charge in [0.15, 0.2) is 0 Å². The Hall–Kier alpha value is -2.20. The maximum absolute atomic E-state index is 11.6. The van der Waals surface area contributed by atoms with Crippen molar-refractivity contribution in [2.24, 2.45) is 5.10 Å². The Labute approximate surface area is 109 Å². The van der Waals surface area contributed by atoms with Crippen LogP contribution in [0, 0.1) is 0 Å². The maximum atomic E-state index is 11.6. The molecule has 0 aliphatic carbocycles. The molecule has 1 N–H and O–H groups in total. The minimum absolute atomic E-state index is 0.314. The van der Waals surface area contributed by atoms with Gasteiger partial charge in [0, 0.05) is 16.8 Å². The van der Waals surface area contributed by atoms with Crippen LogP contribution in [0.4, 0.5) is 0 Å². The van der Waals surface area contributed by atoms with Gasteiger partial charge < -0.3 is 0 Å². The van der Waals surface area contributed by atoms with Gasteiger partial charge in [-0.05, 0) is 18.2 Å². The molecule has 0 saturated heterocycles. The van der Waals surface area contributed by atoms with Crippen LogP contribution < -0.4 is 5.43 Å². The summed E-state index contributed by atoms with van der Waals surface area (Å²) in [6, 6.07) is 12.3. The van der Waals surface area contributed by atoms with Crippen LogP contribution in [-0.2, 0) is 0 Å². The minimum Gasteiger partial charge on any atom is -0.266 e. The van der Waals surface area contributed by atoms with Crippen molar-refractivity contribution < 1.29 is 4.79 Å². The molecule has 0 spiro atoms. The summed E-state index contributed by atoms with van der Waals surface area (Å²) in [7, 11) is 0. The molecule has 0 radical (unpaired) electrons. The summed E-state index contributed by atoms with van der Waals surface area (Å²) in [4.78, 5) is 15.5. The number of rotatable bonds is 3. The summed E-state index contributed by atoms with van der Waals surface area (Å²) < 4.78 is 0. The summed E-state index contributed by atoms with van der Waals surface area (Å²) in [5.41, 5.74) is 3.43. The normalized spacial score (nSPS) is 10.5. The lowest BCUT2D eigenvalue weighted by Crippen LogP contribution is -2.18. The van der Waals surface area contributed by atoms with Crippen LogP contribution in [0.2, 0.25) is 5.02 Å². The van der Waals surface area contributed by atoms with E-state index in [1.54, 1.807) is 36.5 Å². The molecular formula is C13H10ClN3O. The molecule has 0 aliphatic heterocycles. The SMILES string of the molecule is O=C(NN=Cc1ccccc1Cl)c1ccccn1. The summed E-state index contributed by atoms with van der Waals surface area (Å²) in [5, 5.41) is 4.41. The van der Waals surface area contributed by atoms with Gasteiger partial charge in [-0.2, -0.15) is 5.10 Å². The number of halogens is 1. The van der Waals surface area contributed by atoms with E-state index in [4.69, 9.17) is 11.6 Å². The van der Waals surface area contributed by atoms with E-state index < -0.39 is 0 Å². The van der Waals surface area contributed by atoms with Crippen LogP contribution >= 0.6 is 11.6 Å². The number of hydrogen-bond donors (Lipinski definition) is 1. The molecule has 0 fully saturated rings. The van der Waals surface area contributed by atoms with Gasteiger partial charge in [-0.25, -0.2) is 5.43 Å². The number of carbonyl (C=O) groups excluding carboxylic acids is 1. The van der Waals surface area contributed by atoms with E-state index in [1.807, 2.05) is 12.1 Å². The number of hydrogen-bond acceptors (Lipinski definition) is 3. The van der Waals surface area contributed by atoms with E-state index in [9.17, 15) is 4.79 Å². The van der Waals surface area contributed by atoms with Crippen molar-refractivity contribution in [1.82, 2.24) is 10.4 Å². The van der Waals surface area contributed by atoms with Crippen molar-refractivity contribution in [3.63, 3.8) is 0 Å². The Morgan fingerprint density at radius 3 is 2.72 bits per heavy atom. The molecule has 1 aromatic heterocycles. The molecule has 1 aromatic carbocycles. The van der Waals surface area contributed by atoms with Crippen molar-refractivity contribution in [3.05, 3.63) is 64.9 Å². The lowest BCUT2D eigenvalue weighted by Gasteiger charge is -1.98. The average Bonchev–Trinajstić information content (AvgIpc) is 2.42. The number of carbonyl (C=O) groups is 1. The van der Waals surface area contributed by atoms with Crippen molar-refractivity contribution in [2.45, 2.75) is 0 Å². The van der Waals surface area contributed by atoms with Gasteiger partial charge in [-0.15, -0.1) is 0 Å². The lowest BCUT2D eigenvalue weighted by molar-refractivity contribution is 0.0950. The van der Waals surface area contributed by atoms with Crippen molar-refractivity contribution in [2.75, 3.05) is 0 Å². The van der Waals surface area contributed by atoms with E-state index in [2.05, 4.69) is 15.5 Å². The first-order chi connectivity index (χ1) is 8.77. The standard InChI is InChI=1S/C13H10ClN3O/c14-11-6-2-1-5-10(11)9-16-17-13(18)12-7-3-4-8-15-12/h1-9H,(H,17,18). The predicted octanol–water partition coefficient (Wildman–Crippen LogP) is 2.50. The van der Waals surface area contributed by atoms with E-state index in [0.717, 1.165) is 5.56 Å². The maximum Gasteiger partial charge on any atom is 0.289 e. The third-order valence-electron chi connectivity index (χ3n) is 2.17. The van der Waals surface area contributed by atoms with E-state index in [1.165, 1.54) is 6.21 Å². The molecule has 0 bridgehead atoms. The number of nitrogens with zero attached hydrogens (tertiary/aromatic N) is 2. The molecule has 90 valence electrons.